The second-order valence-electron chi connectivity index (χ2n) is 6.84. The molecule has 8 nitrogen and oxygen atoms in total. The van der Waals surface area contributed by atoms with E-state index in [1.165, 1.54) is 55.8 Å². The Labute approximate surface area is 192 Å². The first-order valence-electron chi connectivity index (χ1n) is 9.50. The quantitative estimate of drug-likeness (QED) is 0.340. The Morgan fingerprint density at radius 3 is 2.50 bits per heavy atom. The minimum atomic E-state index is -4.63. The number of aromatic hydroxyl groups is 1. The lowest BCUT2D eigenvalue weighted by atomic mass is 10.2. The number of hydrogen-bond donors (Lipinski definition) is 3. The zero-order chi connectivity index (χ0) is 24.9. The number of rotatable bonds is 7. The summed E-state index contributed by atoms with van der Waals surface area (Å²) >= 11 is 0. The normalized spacial score (nSPS) is 11.9. The van der Waals surface area contributed by atoms with E-state index < -0.39 is 27.7 Å². The third kappa shape index (κ3) is 6.04. The molecule has 3 N–H and O–H groups in total. The Morgan fingerprint density at radius 2 is 1.79 bits per heavy atom. The third-order valence-electron chi connectivity index (χ3n) is 4.43. The Kier molecular flexibility index (Phi) is 7.11. The van der Waals surface area contributed by atoms with E-state index in [1.807, 2.05) is 0 Å². The number of methoxy groups -OCH3 is 1. The number of hydrazone groups is 1. The van der Waals surface area contributed by atoms with Gasteiger partial charge in [-0.25, -0.2) is 13.8 Å². The standard InChI is InChI=1S/C22H18F3N3O5S/c1-33-20-10-14(8-9-19(20)29)13-26-27-21(30)15-4-2-7-18(11-15)34(31,32)28-17-6-3-5-16(12-17)22(23,24)25/h2-13,28-29H,1H3,(H,27,30)/b26-13+. The fourth-order valence-corrected chi connectivity index (χ4v) is 3.88. The molecule has 0 radical (unpaired) electrons. The minimum Gasteiger partial charge on any atom is -0.504 e. The molecule has 0 aliphatic rings. The third-order valence-corrected chi connectivity index (χ3v) is 5.81. The highest BCUT2D eigenvalue weighted by Gasteiger charge is 2.30. The fourth-order valence-electron chi connectivity index (χ4n) is 2.78. The van der Waals surface area contributed by atoms with E-state index in [2.05, 4.69) is 15.2 Å². The molecular formula is C22H18F3N3O5S. The smallest absolute Gasteiger partial charge is 0.416 e. The van der Waals surface area contributed by atoms with Crippen LogP contribution in [0.1, 0.15) is 21.5 Å². The van der Waals surface area contributed by atoms with Gasteiger partial charge in [0, 0.05) is 11.3 Å². The molecular weight excluding hydrogens is 475 g/mol. The van der Waals surface area contributed by atoms with Crippen LogP contribution in [0.5, 0.6) is 11.5 Å². The summed E-state index contributed by atoms with van der Waals surface area (Å²) in [7, 11) is -2.90. The van der Waals surface area contributed by atoms with E-state index in [9.17, 15) is 31.5 Å². The summed E-state index contributed by atoms with van der Waals surface area (Å²) in [5, 5.41) is 13.4. The second-order valence-corrected chi connectivity index (χ2v) is 8.52. The molecule has 0 fully saturated rings. The molecule has 0 spiro atoms. The van der Waals surface area contributed by atoms with Gasteiger partial charge < -0.3 is 9.84 Å². The van der Waals surface area contributed by atoms with Crippen molar-refractivity contribution in [1.82, 2.24) is 5.43 Å². The largest absolute Gasteiger partial charge is 0.504 e. The van der Waals surface area contributed by atoms with Crippen molar-refractivity contribution in [2.24, 2.45) is 5.10 Å². The summed E-state index contributed by atoms with van der Waals surface area (Å²) in [6.07, 6.45) is -3.35. The van der Waals surface area contributed by atoms with Gasteiger partial charge in [-0.2, -0.15) is 18.3 Å². The predicted octanol–water partition coefficient (Wildman–Crippen LogP) is 3.98. The van der Waals surface area contributed by atoms with Crippen molar-refractivity contribution in [2.45, 2.75) is 11.1 Å². The van der Waals surface area contributed by atoms with Gasteiger partial charge in [0.1, 0.15) is 0 Å². The highest BCUT2D eigenvalue weighted by Crippen LogP contribution is 2.31. The molecule has 0 saturated heterocycles. The number of anilines is 1. The molecule has 178 valence electrons. The highest BCUT2D eigenvalue weighted by atomic mass is 32.2. The average Bonchev–Trinajstić information content (AvgIpc) is 2.79. The molecule has 0 atom stereocenters. The summed E-state index contributed by atoms with van der Waals surface area (Å²) in [6.45, 7) is 0. The van der Waals surface area contributed by atoms with Crippen molar-refractivity contribution in [3.63, 3.8) is 0 Å². The molecule has 0 aliphatic heterocycles. The molecule has 12 heteroatoms. The van der Waals surface area contributed by atoms with E-state index in [0.717, 1.165) is 18.2 Å². The van der Waals surface area contributed by atoms with Gasteiger partial charge in [-0.1, -0.05) is 12.1 Å². The number of phenolic OH excluding ortho intramolecular Hbond substituents is 1. The molecule has 3 aromatic rings. The Balaban J connectivity index is 1.74. The maximum Gasteiger partial charge on any atom is 0.416 e. The number of ether oxygens (including phenoxy) is 1. The lowest BCUT2D eigenvalue weighted by Gasteiger charge is -2.12. The molecule has 0 aromatic heterocycles. The number of sulfonamides is 1. The highest BCUT2D eigenvalue weighted by molar-refractivity contribution is 7.92. The van der Waals surface area contributed by atoms with Gasteiger partial charge in [-0.05, 0) is 60.2 Å². The molecule has 0 bridgehead atoms. The number of alkyl halides is 3. The van der Waals surface area contributed by atoms with Crippen molar-refractivity contribution in [2.75, 3.05) is 11.8 Å². The van der Waals surface area contributed by atoms with E-state index in [1.54, 1.807) is 0 Å². The van der Waals surface area contributed by atoms with Gasteiger partial charge >= 0.3 is 6.18 Å². The van der Waals surface area contributed by atoms with Crippen LogP contribution in [0.4, 0.5) is 18.9 Å². The summed E-state index contributed by atoms with van der Waals surface area (Å²) < 4.78 is 71.0. The van der Waals surface area contributed by atoms with Gasteiger partial charge in [-0.3, -0.25) is 9.52 Å². The number of halogens is 3. The molecule has 34 heavy (non-hydrogen) atoms. The van der Waals surface area contributed by atoms with Crippen molar-refractivity contribution in [3.8, 4) is 11.5 Å². The van der Waals surface area contributed by atoms with Gasteiger partial charge in [0.05, 0.1) is 23.8 Å². The molecule has 3 rings (SSSR count). The van der Waals surface area contributed by atoms with Crippen LogP contribution in [-0.2, 0) is 16.2 Å². The first kappa shape index (κ1) is 24.6. The maximum atomic E-state index is 12.9. The van der Waals surface area contributed by atoms with Crippen LogP contribution in [-0.4, -0.2) is 32.8 Å². The van der Waals surface area contributed by atoms with E-state index in [4.69, 9.17) is 4.74 Å². The number of nitrogens with zero attached hydrogens (tertiary/aromatic N) is 1. The van der Waals surface area contributed by atoms with Gasteiger partial charge in [0.2, 0.25) is 0 Å². The zero-order valence-corrected chi connectivity index (χ0v) is 18.3. The van der Waals surface area contributed by atoms with Crippen LogP contribution in [0.3, 0.4) is 0 Å². The zero-order valence-electron chi connectivity index (χ0n) is 17.5. The Morgan fingerprint density at radius 1 is 1.06 bits per heavy atom. The molecule has 0 heterocycles. The fraction of sp³-hybridized carbons (Fsp3) is 0.0909. The average molecular weight is 493 g/mol. The van der Waals surface area contributed by atoms with Crippen LogP contribution >= 0.6 is 0 Å². The summed E-state index contributed by atoms with van der Waals surface area (Å²) in [4.78, 5) is 12.0. The molecule has 0 aliphatic carbocycles. The van der Waals surface area contributed by atoms with E-state index >= 15 is 0 Å². The van der Waals surface area contributed by atoms with Crippen LogP contribution in [0.25, 0.3) is 0 Å². The van der Waals surface area contributed by atoms with Crippen LogP contribution in [0.15, 0.2) is 76.7 Å². The van der Waals surface area contributed by atoms with Crippen molar-refractivity contribution in [1.29, 1.82) is 0 Å². The topological polar surface area (TPSA) is 117 Å². The van der Waals surface area contributed by atoms with Crippen molar-refractivity contribution >= 4 is 27.8 Å². The molecule has 0 unspecified atom stereocenters. The second kappa shape index (κ2) is 9.83. The predicted molar refractivity (Wildman–Crippen MR) is 118 cm³/mol. The van der Waals surface area contributed by atoms with Crippen molar-refractivity contribution < 1.29 is 36.2 Å². The molecule has 0 saturated carbocycles. The monoisotopic (exact) mass is 493 g/mol. The van der Waals surface area contributed by atoms with E-state index in [-0.39, 0.29) is 27.6 Å². The molecule has 1 amide bonds. The lowest BCUT2D eigenvalue weighted by molar-refractivity contribution is -0.137. The first-order chi connectivity index (χ1) is 16.0. The van der Waals surface area contributed by atoms with Crippen LogP contribution in [0, 0.1) is 0 Å². The number of benzene rings is 3. The number of amides is 1. The van der Waals surface area contributed by atoms with Crippen LogP contribution in [0.2, 0.25) is 0 Å². The van der Waals surface area contributed by atoms with E-state index in [0.29, 0.717) is 11.6 Å². The first-order valence-corrected chi connectivity index (χ1v) is 11.0. The Hall–Kier alpha value is -4.06. The number of phenols is 1. The minimum absolute atomic E-state index is 0.0487. The number of hydrogen-bond acceptors (Lipinski definition) is 6. The number of nitrogens with one attached hydrogen (secondary N) is 2. The number of carbonyl (C=O) groups is 1. The summed E-state index contributed by atoms with van der Waals surface area (Å²) in [5.41, 5.74) is 1.41. The maximum absolute atomic E-state index is 12.9. The summed E-state index contributed by atoms with van der Waals surface area (Å²) in [5.74, 6) is -0.583. The molecule has 3 aromatic carbocycles. The number of carbonyl (C=O) groups excluding carboxylic acids is 1. The Bertz CT molecular complexity index is 1340. The van der Waals surface area contributed by atoms with Gasteiger partial charge in [0.25, 0.3) is 15.9 Å². The van der Waals surface area contributed by atoms with Gasteiger partial charge in [0.15, 0.2) is 11.5 Å². The van der Waals surface area contributed by atoms with Crippen molar-refractivity contribution in [3.05, 3.63) is 83.4 Å². The lowest BCUT2D eigenvalue weighted by Crippen LogP contribution is -2.19. The van der Waals surface area contributed by atoms with Gasteiger partial charge in [-0.15, -0.1) is 0 Å². The summed E-state index contributed by atoms with van der Waals surface area (Å²) in [6, 6.07) is 13.0. The SMILES string of the molecule is COc1cc(/C=N/NC(=O)c2cccc(S(=O)(=O)Nc3cccc(C(F)(F)F)c3)c2)ccc1O. The van der Waals surface area contributed by atoms with Crippen LogP contribution < -0.4 is 14.9 Å².